The van der Waals surface area contributed by atoms with E-state index in [1.165, 1.54) is 25.4 Å². The third-order valence-electron chi connectivity index (χ3n) is 3.85. The number of nitrogens with zero attached hydrogens (tertiary/aromatic N) is 2. The van der Waals surface area contributed by atoms with Crippen molar-refractivity contribution >= 4 is 16.9 Å². The lowest BCUT2D eigenvalue weighted by molar-refractivity contribution is -0.140. The van der Waals surface area contributed by atoms with Crippen molar-refractivity contribution in [3.05, 3.63) is 70.5 Å². The first-order valence-electron chi connectivity index (χ1n) is 7.56. The third kappa shape index (κ3) is 3.50. The Balaban J connectivity index is 1.85. The fourth-order valence-corrected chi connectivity index (χ4v) is 2.35. The summed E-state index contributed by atoms with van der Waals surface area (Å²) in [5.41, 5.74) is 0.792. The number of ether oxygens (including phenoxy) is 1. The van der Waals surface area contributed by atoms with Crippen molar-refractivity contribution in [3.63, 3.8) is 0 Å². The zero-order chi connectivity index (χ0) is 18.0. The van der Waals surface area contributed by atoms with Gasteiger partial charge in [0.2, 0.25) is 0 Å². The second-order valence-corrected chi connectivity index (χ2v) is 5.57. The van der Waals surface area contributed by atoms with Crippen LogP contribution in [0.4, 0.5) is 4.39 Å². The highest BCUT2D eigenvalue weighted by molar-refractivity contribution is 5.79. The lowest BCUT2D eigenvalue weighted by atomic mass is 10.2. The van der Waals surface area contributed by atoms with Crippen molar-refractivity contribution in [3.8, 4) is 5.75 Å². The first-order valence-corrected chi connectivity index (χ1v) is 7.56. The molecule has 2 aromatic carbocycles. The van der Waals surface area contributed by atoms with Gasteiger partial charge in [-0.15, -0.1) is 0 Å². The zero-order valence-electron chi connectivity index (χ0n) is 13.3. The molecule has 1 unspecified atom stereocenters. The maximum Gasteiger partial charge on any atom is 0.326 e. The van der Waals surface area contributed by atoms with Gasteiger partial charge >= 0.3 is 5.97 Å². The van der Waals surface area contributed by atoms with Crippen LogP contribution in [-0.2, 0) is 11.4 Å². The van der Waals surface area contributed by atoms with Crippen molar-refractivity contribution in [1.29, 1.82) is 0 Å². The molecule has 0 aliphatic rings. The molecule has 0 saturated heterocycles. The Morgan fingerprint density at radius 2 is 2.00 bits per heavy atom. The van der Waals surface area contributed by atoms with Crippen LogP contribution in [0.15, 0.2) is 53.6 Å². The van der Waals surface area contributed by atoms with Gasteiger partial charge in [-0.1, -0.05) is 12.1 Å². The number of benzene rings is 2. The van der Waals surface area contributed by atoms with Gasteiger partial charge in [0, 0.05) is 6.07 Å². The molecule has 0 radical (unpaired) electrons. The minimum Gasteiger partial charge on any atom is -0.489 e. The molecular formula is C18H15FN2O4. The number of aromatic nitrogens is 2. The molecule has 1 N–H and O–H groups in total. The molecule has 1 atom stereocenters. The molecule has 25 heavy (non-hydrogen) atoms. The van der Waals surface area contributed by atoms with Gasteiger partial charge in [-0.2, -0.15) is 0 Å². The van der Waals surface area contributed by atoms with Crippen LogP contribution >= 0.6 is 0 Å². The van der Waals surface area contributed by atoms with Gasteiger partial charge in [0.05, 0.1) is 17.2 Å². The van der Waals surface area contributed by atoms with Gasteiger partial charge in [-0.3, -0.25) is 9.36 Å². The summed E-state index contributed by atoms with van der Waals surface area (Å²) in [4.78, 5) is 27.6. The number of halogens is 1. The molecule has 0 amide bonds. The van der Waals surface area contributed by atoms with Crippen molar-refractivity contribution < 1.29 is 19.0 Å². The van der Waals surface area contributed by atoms with E-state index in [9.17, 15) is 14.0 Å². The molecule has 6 nitrogen and oxygen atoms in total. The standard InChI is InChI=1S/C18H15FN2O4/c1-11(18(23)24)21-10-20-16-8-14(6-7-15(16)17(21)22)25-9-12-2-4-13(19)5-3-12/h2-8,10-11H,9H2,1H3,(H,23,24). The van der Waals surface area contributed by atoms with Crippen molar-refractivity contribution in [2.24, 2.45) is 0 Å². The normalized spacial score (nSPS) is 12.1. The molecule has 3 aromatic rings. The first-order chi connectivity index (χ1) is 12.0. The van der Waals surface area contributed by atoms with E-state index in [-0.39, 0.29) is 12.4 Å². The van der Waals surface area contributed by atoms with E-state index in [4.69, 9.17) is 9.84 Å². The second-order valence-electron chi connectivity index (χ2n) is 5.57. The van der Waals surface area contributed by atoms with Crippen LogP contribution in [0.2, 0.25) is 0 Å². The Labute approximate surface area is 142 Å². The quantitative estimate of drug-likeness (QED) is 0.771. The molecule has 1 heterocycles. The fraction of sp³-hybridized carbons (Fsp3) is 0.167. The fourth-order valence-electron chi connectivity index (χ4n) is 2.35. The van der Waals surface area contributed by atoms with Crippen LogP contribution < -0.4 is 10.3 Å². The summed E-state index contributed by atoms with van der Waals surface area (Å²) in [7, 11) is 0. The van der Waals surface area contributed by atoms with Crippen molar-refractivity contribution in [2.45, 2.75) is 19.6 Å². The van der Waals surface area contributed by atoms with Gasteiger partial charge in [0.1, 0.15) is 24.2 Å². The molecule has 0 spiro atoms. The molecule has 0 aliphatic carbocycles. The SMILES string of the molecule is CC(C(=O)O)n1cnc2cc(OCc3ccc(F)cc3)ccc2c1=O. The lowest BCUT2D eigenvalue weighted by Crippen LogP contribution is -2.28. The van der Waals surface area contributed by atoms with E-state index < -0.39 is 17.6 Å². The molecule has 7 heteroatoms. The molecular weight excluding hydrogens is 327 g/mol. The number of fused-ring (bicyclic) bond motifs is 1. The summed E-state index contributed by atoms with van der Waals surface area (Å²) < 4.78 is 19.6. The Morgan fingerprint density at radius 1 is 1.28 bits per heavy atom. The van der Waals surface area contributed by atoms with Gasteiger partial charge in [-0.05, 0) is 36.8 Å². The largest absolute Gasteiger partial charge is 0.489 e. The lowest BCUT2D eigenvalue weighted by Gasteiger charge is -2.11. The van der Waals surface area contributed by atoms with Crippen LogP contribution in [0.1, 0.15) is 18.5 Å². The Morgan fingerprint density at radius 3 is 2.68 bits per heavy atom. The third-order valence-corrected chi connectivity index (χ3v) is 3.85. The van der Waals surface area contributed by atoms with Crippen LogP contribution in [0.25, 0.3) is 10.9 Å². The molecule has 0 fully saturated rings. The number of hydrogen-bond acceptors (Lipinski definition) is 4. The highest BCUT2D eigenvalue weighted by Crippen LogP contribution is 2.19. The molecule has 0 bridgehead atoms. The maximum absolute atomic E-state index is 12.9. The van der Waals surface area contributed by atoms with E-state index in [1.54, 1.807) is 30.3 Å². The monoisotopic (exact) mass is 342 g/mol. The highest BCUT2D eigenvalue weighted by Gasteiger charge is 2.16. The first kappa shape index (κ1) is 16.6. The van der Waals surface area contributed by atoms with Crippen LogP contribution in [-0.4, -0.2) is 20.6 Å². The number of carbonyl (C=O) groups is 1. The zero-order valence-corrected chi connectivity index (χ0v) is 13.3. The summed E-state index contributed by atoms with van der Waals surface area (Å²) in [6, 6.07) is 9.73. The number of rotatable bonds is 5. The van der Waals surface area contributed by atoms with Crippen molar-refractivity contribution in [2.75, 3.05) is 0 Å². The Kier molecular flexibility index (Phi) is 4.47. The summed E-state index contributed by atoms with van der Waals surface area (Å²) in [5.74, 6) is -0.916. The topological polar surface area (TPSA) is 81.4 Å². The predicted molar refractivity (Wildman–Crippen MR) is 89.1 cm³/mol. The Hall–Kier alpha value is -3.22. The average molecular weight is 342 g/mol. The maximum atomic E-state index is 12.9. The summed E-state index contributed by atoms with van der Waals surface area (Å²) in [6.07, 6.45) is 1.22. The van der Waals surface area contributed by atoms with Gasteiger partial charge in [0.25, 0.3) is 5.56 Å². The van der Waals surface area contributed by atoms with E-state index in [0.29, 0.717) is 16.7 Å². The van der Waals surface area contributed by atoms with Crippen LogP contribution in [0.3, 0.4) is 0 Å². The van der Waals surface area contributed by atoms with Gasteiger partial charge < -0.3 is 9.84 Å². The predicted octanol–water partition coefficient (Wildman–Crippen LogP) is 2.76. The molecule has 0 aliphatic heterocycles. The van der Waals surface area contributed by atoms with Crippen molar-refractivity contribution in [1.82, 2.24) is 9.55 Å². The minimum absolute atomic E-state index is 0.249. The smallest absolute Gasteiger partial charge is 0.326 e. The number of hydrogen-bond donors (Lipinski definition) is 1. The summed E-state index contributed by atoms with van der Waals surface area (Å²) in [5, 5.41) is 9.35. The van der Waals surface area contributed by atoms with E-state index in [0.717, 1.165) is 10.1 Å². The molecule has 1 aromatic heterocycles. The number of carboxylic acid groups (broad SMARTS) is 1. The summed E-state index contributed by atoms with van der Waals surface area (Å²) >= 11 is 0. The number of aliphatic carboxylic acids is 1. The molecule has 3 rings (SSSR count). The van der Waals surface area contributed by atoms with E-state index >= 15 is 0 Å². The minimum atomic E-state index is -1.11. The summed E-state index contributed by atoms with van der Waals surface area (Å²) in [6.45, 7) is 1.66. The molecule has 0 saturated carbocycles. The van der Waals surface area contributed by atoms with Gasteiger partial charge in [-0.25, -0.2) is 14.2 Å². The van der Waals surface area contributed by atoms with Crippen LogP contribution in [0, 0.1) is 5.82 Å². The number of carboxylic acids is 1. The Bertz CT molecular complexity index is 983. The second kappa shape index (κ2) is 6.72. The van der Waals surface area contributed by atoms with Crippen LogP contribution in [0.5, 0.6) is 5.75 Å². The van der Waals surface area contributed by atoms with E-state index in [1.807, 2.05) is 0 Å². The molecule has 128 valence electrons. The van der Waals surface area contributed by atoms with Gasteiger partial charge in [0.15, 0.2) is 0 Å². The highest BCUT2D eigenvalue weighted by atomic mass is 19.1. The average Bonchev–Trinajstić information content (AvgIpc) is 2.61. The van der Waals surface area contributed by atoms with E-state index in [2.05, 4.69) is 4.98 Å².